The molecule has 2 aromatic rings. The van der Waals surface area contributed by atoms with Gasteiger partial charge in [0.05, 0.1) is 5.97 Å². The van der Waals surface area contributed by atoms with E-state index in [1.165, 1.54) is 6.07 Å². The Hall–Kier alpha value is -2.83. The maximum Gasteiger partial charge on any atom is 0.340 e. The molecule has 1 aromatic carbocycles. The summed E-state index contributed by atoms with van der Waals surface area (Å²) in [4.78, 5) is 33.1. The average Bonchev–Trinajstić information content (AvgIpc) is 2.43. The van der Waals surface area contributed by atoms with Gasteiger partial charge >= 0.3 is 5.63 Å². The molecule has 0 aliphatic rings. The molecule has 0 N–H and O–H groups in total. The molecule has 7 heteroatoms. The van der Waals surface area contributed by atoms with Crippen molar-refractivity contribution in [3.8, 4) is 5.75 Å². The highest BCUT2D eigenvalue weighted by Crippen LogP contribution is 2.29. The van der Waals surface area contributed by atoms with E-state index in [0.29, 0.717) is 16.5 Å². The van der Waals surface area contributed by atoms with Crippen molar-refractivity contribution in [2.45, 2.75) is 20.3 Å². The quantitative estimate of drug-likeness (QED) is 0.638. The SMILES string of the molecule is Cc1c(CC(=O)[O-])c(=O)oc2c(C)c(OCC(=O)[O-])ccc12. The lowest BCUT2D eigenvalue weighted by molar-refractivity contribution is -0.308. The minimum absolute atomic E-state index is 0.0234. The maximum atomic E-state index is 11.9. The normalized spacial score (nSPS) is 10.6. The van der Waals surface area contributed by atoms with Crippen LogP contribution in [-0.2, 0) is 16.0 Å². The first kappa shape index (κ1) is 15.6. The third kappa shape index (κ3) is 2.93. The smallest absolute Gasteiger partial charge is 0.340 e. The summed E-state index contributed by atoms with van der Waals surface area (Å²) < 4.78 is 10.2. The summed E-state index contributed by atoms with van der Waals surface area (Å²) in [5.41, 5.74) is 0.397. The van der Waals surface area contributed by atoms with E-state index in [1.807, 2.05) is 0 Å². The van der Waals surface area contributed by atoms with E-state index < -0.39 is 30.6 Å². The largest absolute Gasteiger partial charge is 0.550 e. The molecule has 0 amide bonds. The monoisotopic (exact) mass is 304 g/mol. The van der Waals surface area contributed by atoms with Crippen LogP contribution < -0.4 is 20.6 Å². The summed E-state index contributed by atoms with van der Waals surface area (Å²) in [5, 5.41) is 21.7. The van der Waals surface area contributed by atoms with Crippen LogP contribution in [-0.4, -0.2) is 18.5 Å². The molecule has 22 heavy (non-hydrogen) atoms. The molecule has 0 radical (unpaired) electrons. The first-order chi connectivity index (χ1) is 10.3. The number of carboxylic acids is 2. The fraction of sp³-hybridized carbons (Fsp3) is 0.267. The number of ether oxygens (including phenoxy) is 1. The van der Waals surface area contributed by atoms with E-state index in [2.05, 4.69) is 0 Å². The van der Waals surface area contributed by atoms with E-state index in [9.17, 15) is 24.6 Å². The Kier molecular flexibility index (Phi) is 4.16. The number of carbonyl (C=O) groups excluding carboxylic acids is 2. The zero-order valence-electron chi connectivity index (χ0n) is 11.9. The molecule has 0 saturated carbocycles. The first-order valence-corrected chi connectivity index (χ1v) is 6.39. The summed E-state index contributed by atoms with van der Waals surface area (Å²) in [5.74, 6) is -2.51. The van der Waals surface area contributed by atoms with E-state index in [4.69, 9.17) is 9.15 Å². The van der Waals surface area contributed by atoms with Crippen molar-refractivity contribution in [2.75, 3.05) is 6.61 Å². The number of hydrogen-bond acceptors (Lipinski definition) is 7. The topological polar surface area (TPSA) is 120 Å². The van der Waals surface area contributed by atoms with Gasteiger partial charge in [0.25, 0.3) is 0 Å². The number of aryl methyl sites for hydroxylation is 2. The summed E-state index contributed by atoms with van der Waals surface area (Å²) in [6.45, 7) is 2.59. The number of aliphatic carboxylic acids is 2. The van der Waals surface area contributed by atoms with Gasteiger partial charge in [0, 0.05) is 28.9 Å². The Morgan fingerprint density at radius 3 is 2.41 bits per heavy atom. The number of hydrogen-bond donors (Lipinski definition) is 0. The third-order valence-corrected chi connectivity index (χ3v) is 3.32. The Balaban J connectivity index is 2.59. The van der Waals surface area contributed by atoms with Crippen molar-refractivity contribution in [2.24, 2.45) is 0 Å². The molecule has 0 saturated heterocycles. The van der Waals surface area contributed by atoms with E-state index in [-0.39, 0.29) is 16.9 Å². The average molecular weight is 304 g/mol. The van der Waals surface area contributed by atoms with Crippen molar-refractivity contribution in [3.05, 3.63) is 39.2 Å². The highest BCUT2D eigenvalue weighted by Gasteiger charge is 2.15. The summed E-state index contributed by atoms with van der Waals surface area (Å²) >= 11 is 0. The van der Waals surface area contributed by atoms with Gasteiger partial charge in [-0.15, -0.1) is 0 Å². The lowest BCUT2D eigenvalue weighted by Gasteiger charge is -2.13. The fourth-order valence-electron chi connectivity index (χ4n) is 2.21. The second-order valence-electron chi connectivity index (χ2n) is 4.77. The van der Waals surface area contributed by atoms with Crippen LogP contribution in [0.2, 0.25) is 0 Å². The molecule has 0 spiro atoms. The summed E-state index contributed by atoms with van der Waals surface area (Å²) in [7, 11) is 0. The molecular weight excluding hydrogens is 292 g/mol. The Labute approximate surface area is 124 Å². The predicted molar refractivity (Wildman–Crippen MR) is 71.2 cm³/mol. The molecule has 0 bridgehead atoms. The molecule has 0 atom stereocenters. The highest BCUT2D eigenvalue weighted by molar-refractivity contribution is 5.86. The highest BCUT2D eigenvalue weighted by atomic mass is 16.5. The minimum Gasteiger partial charge on any atom is -0.550 e. The predicted octanol–water partition coefficient (Wildman–Crippen LogP) is -1.17. The molecule has 2 rings (SSSR count). The molecular formula is C15H12O7-2. The van der Waals surface area contributed by atoms with Gasteiger partial charge in [0.15, 0.2) is 0 Å². The van der Waals surface area contributed by atoms with Crippen molar-refractivity contribution in [3.63, 3.8) is 0 Å². The van der Waals surface area contributed by atoms with Gasteiger partial charge in [-0.1, -0.05) is 0 Å². The summed E-state index contributed by atoms with van der Waals surface area (Å²) in [6, 6.07) is 3.10. The molecule has 0 aliphatic carbocycles. The van der Waals surface area contributed by atoms with Crippen LogP contribution in [0.5, 0.6) is 5.75 Å². The van der Waals surface area contributed by atoms with Crippen molar-refractivity contribution in [1.29, 1.82) is 0 Å². The van der Waals surface area contributed by atoms with Crippen LogP contribution in [0.25, 0.3) is 11.0 Å². The van der Waals surface area contributed by atoms with Gasteiger partial charge in [0.2, 0.25) is 0 Å². The van der Waals surface area contributed by atoms with Gasteiger partial charge < -0.3 is 29.0 Å². The van der Waals surface area contributed by atoms with Crippen LogP contribution in [0.3, 0.4) is 0 Å². The lowest BCUT2D eigenvalue weighted by atomic mass is 10.0. The number of fused-ring (bicyclic) bond motifs is 1. The van der Waals surface area contributed by atoms with Crippen LogP contribution >= 0.6 is 0 Å². The second kappa shape index (κ2) is 5.88. The van der Waals surface area contributed by atoms with E-state index in [1.54, 1.807) is 19.9 Å². The molecule has 0 unspecified atom stereocenters. The van der Waals surface area contributed by atoms with Crippen LogP contribution in [0.15, 0.2) is 21.3 Å². The standard InChI is InChI=1S/C15H14O7/c1-7-9-3-4-11(21-6-13(18)19)8(2)14(9)22-15(20)10(7)5-12(16)17/h3-4H,5-6H2,1-2H3,(H,16,17)(H,18,19)/p-2. The van der Waals surface area contributed by atoms with Gasteiger partial charge in [-0.25, -0.2) is 4.79 Å². The van der Waals surface area contributed by atoms with Crippen LogP contribution in [0.4, 0.5) is 0 Å². The number of rotatable bonds is 5. The van der Waals surface area contributed by atoms with Crippen molar-refractivity contribution in [1.82, 2.24) is 0 Å². The minimum atomic E-state index is -1.37. The van der Waals surface area contributed by atoms with Crippen LogP contribution in [0.1, 0.15) is 16.7 Å². The number of benzene rings is 1. The Morgan fingerprint density at radius 1 is 1.14 bits per heavy atom. The van der Waals surface area contributed by atoms with Crippen LogP contribution in [0, 0.1) is 13.8 Å². The molecule has 116 valence electrons. The molecule has 0 aliphatic heterocycles. The Morgan fingerprint density at radius 2 is 1.82 bits per heavy atom. The molecule has 1 aromatic heterocycles. The zero-order chi connectivity index (χ0) is 16.4. The van der Waals surface area contributed by atoms with Gasteiger partial charge in [-0.2, -0.15) is 0 Å². The number of carboxylic acid groups (broad SMARTS) is 2. The van der Waals surface area contributed by atoms with Crippen molar-refractivity contribution >= 4 is 22.9 Å². The Bertz CT molecular complexity index is 817. The van der Waals surface area contributed by atoms with Crippen molar-refractivity contribution < 1.29 is 29.0 Å². The second-order valence-corrected chi connectivity index (χ2v) is 4.77. The van der Waals surface area contributed by atoms with E-state index in [0.717, 1.165) is 0 Å². The fourth-order valence-corrected chi connectivity index (χ4v) is 2.21. The van der Waals surface area contributed by atoms with Gasteiger partial charge in [-0.05, 0) is 31.5 Å². The zero-order valence-corrected chi connectivity index (χ0v) is 11.9. The number of carbonyl (C=O) groups is 2. The van der Waals surface area contributed by atoms with E-state index >= 15 is 0 Å². The lowest BCUT2D eigenvalue weighted by Crippen LogP contribution is -2.29. The van der Waals surface area contributed by atoms with Gasteiger partial charge in [0.1, 0.15) is 17.9 Å². The molecule has 0 fully saturated rings. The third-order valence-electron chi connectivity index (χ3n) is 3.32. The molecule has 1 heterocycles. The maximum absolute atomic E-state index is 11.9. The summed E-state index contributed by atoms with van der Waals surface area (Å²) in [6.07, 6.45) is -0.536. The first-order valence-electron chi connectivity index (χ1n) is 6.39. The molecule has 7 nitrogen and oxygen atoms in total. The van der Waals surface area contributed by atoms with Gasteiger partial charge in [-0.3, -0.25) is 0 Å².